The van der Waals surface area contributed by atoms with Crippen LogP contribution in [0.15, 0.2) is 85.1 Å². The summed E-state index contributed by atoms with van der Waals surface area (Å²) in [6.07, 6.45) is 42.1. The topological polar surface area (TPSA) is 307 Å². The summed E-state index contributed by atoms with van der Waals surface area (Å²) in [7, 11) is 0. The Morgan fingerprint density at radius 2 is 0.758 bits per heavy atom. The highest BCUT2D eigenvalue weighted by Crippen LogP contribution is 2.33. The van der Waals surface area contributed by atoms with Crippen molar-refractivity contribution in [3.63, 3.8) is 0 Å². The van der Waals surface area contributed by atoms with E-state index in [2.05, 4.69) is 92.1 Å². The minimum absolute atomic E-state index is 0.242. The molecule has 3 saturated heterocycles. The molecule has 1 amide bonds. The van der Waals surface area contributed by atoms with Crippen LogP contribution in [-0.2, 0) is 33.2 Å². The molecule has 17 atom stereocenters. The van der Waals surface area contributed by atoms with E-state index in [-0.39, 0.29) is 18.9 Å². The molecule has 91 heavy (non-hydrogen) atoms. The lowest BCUT2D eigenvalue weighted by Gasteiger charge is -2.48. The summed E-state index contributed by atoms with van der Waals surface area (Å²) in [6.45, 7) is 1.53. The van der Waals surface area contributed by atoms with Crippen LogP contribution in [0.25, 0.3) is 0 Å². The van der Waals surface area contributed by atoms with E-state index >= 15 is 0 Å². The molecule has 3 heterocycles. The second-order valence-electron chi connectivity index (χ2n) is 25.0. The molecule has 3 aliphatic rings. The fourth-order valence-corrected chi connectivity index (χ4v) is 11.5. The molecule has 0 radical (unpaired) electrons. The molecule has 0 aromatic carbocycles. The largest absolute Gasteiger partial charge is 0.394 e. The lowest BCUT2D eigenvalue weighted by Crippen LogP contribution is -2.66. The van der Waals surface area contributed by atoms with Crippen molar-refractivity contribution >= 4 is 5.91 Å². The lowest BCUT2D eigenvalue weighted by atomic mass is 9.96. The molecule has 526 valence electrons. The molecule has 19 nitrogen and oxygen atoms in total. The number of unbranched alkanes of at least 4 members (excludes halogenated alkanes) is 25. The van der Waals surface area contributed by atoms with Crippen molar-refractivity contribution in [1.29, 1.82) is 0 Å². The summed E-state index contributed by atoms with van der Waals surface area (Å²) >= 11 is 0. The van der Waals surface area contributed by atoms with E-state index in [0.29, 0.717) is 6.42 Å². The number of aliphatic hydroxyl groups is 11. The highest BCUT2D eigenvalue weighted by Gasteiger charge is 2.53. The van der Waals surface area contributed by atoms with Gasteiger partial charge in [0.15, 0.2) is 18.9 Å². The van der Waals surface area contributed by atoms with E-state index < -0.39 is 124 Å². The number of ether oxygens (including phenoxy) is 6. The third-order valence-corrected chi connectivity index (χ3v) is 17.2. The van der Waals surface area contributed by atoms with Crippen LogP contribution < -0.4 is 5.32 Å². The van der Waals surface area contributed by atoms with Crippen LogP contribution >= 0.6 is 0 Å². The third-order valence-electron chi connectivity index (χ3n) is 17.2. The minimum Gasteiger partial charge on any atom is -0.394 e. The quantitative estimate of drug-likeness (QED) is 0.0199. The molecule has 19 heteroatoms. The monoisotopic (exact) mass is 1290 g/mol. The zero-order valence-electron chi connectivity index (χ0n) is 55.5. The minimum atomic E-state index is -1.98. The van der Waals surface area contributed by atoms with Crippen LogP contribution in [0.4, 0.5) is 0 Å². The van der Waals surface area contributed by atoms with Gasteiger partial charge in [0.25, 0.3) is 0 Å². The predicted octanol–water partition coefficient (Wildman–Crippen LogP) is 9.49. The Morgan fingerprint density at radius 3 is 1.19 bits per heavy atom. The van der Waals surface area contributed by atoms with E-state index in [1.807, 2.05) is 6.08 Å². The van der Waals surface area contributed by atoms with Crippen LogP contribution in [-0.4, -0.2) is 193 Å². The molecule has 12 N–H and O–H groups in total. The Hall–Kier alpha value is -3.03. The number of hydrogen-bond acceptors (Lipinski definition) is 18. The van der Waals surface area contributed by atoms with Gasteiger partial charge in [0.05, 0.1) is 38.6 Å². The van der Waals surface area contributed by atoms with E-state index in [9.17, 15) is 61.0 Å². The Balaban J connectivity index is 1.25. The molecule has 0 aromatic rings. The van der Waals surface area contributed by atoms with Gasteiger partial charge in [0.1, 0.15) is 73.2 Å². The summed E-state index contributed by atoms with van der Waals surface area (Å²) < 4.78 is 34.2. The Morgan fingerprint density at radius 1 is 0.407 bits per heavy atom. The number of carbonyl (C=O) groups excluding carboxylic acids is 1. The standard InChI is InChI=1S/C72H125NO18/c1-3-5-7-9-11-12-13-14-15-16-17-18-19-20-21-22-23-24-25-26-27-28-29-30-31-32-33-34-35-36-37-38-39-40-41-42-44-46-48-50-60(78)73-55(56(77)49-47-45-43-10-8-6-4-2)54-86-70-66(84)63(81)68(58(52-75)88-70)91-72-67(85)64(82)69(59(53-76)89-72)90-71-65(83)62(80)61(79)57(51-74)87-71/h5,7,11-12,14-15,17-18,20-21,23-24,47,49,55-59,61-72,74-77,79-85H,3-4,6,8-10,13,16,19,22,25-46,48,50-54H2,1-2H3,(H,73,78)/b7-5-,12-11-,15-14-,18-17-,21-20-,24-23-,49-47+. The van der Waals surface area contributed by atoms with Gasteiger partial charge in [-0.3, -0.25) is 4.79 Å². The zero-order valence-corrected chi connectivity index (χ0v) is 55.5. The highest BCUT2D eigenvalue weighted by atomic mass is 16.8. The first kappa shape index (κ1) is 82.2. The molecule has 0 saturated carbocycles. The smallest absolute Gasteiger partial charge is 0.220 e. The highest BCUT2D eigenvalue weighted by molar-refractivity contribution is 5.76. The predicted molar refractivity (Wildman–Crippen MR) is 355 cm³/mol. The maximum atomic E-state index is 13.3. The molecule has 17 unspecified atom stereocenters. The van der Waals surface area contributed by atoms with Crippen LogP contribution in [0, 0.1) is 0 Å². The number of amides is 1. The molecule has 0 aliphatic carbocycles. The maximum Gasteiger partial charge on any atom is 0.220 e. The Bertz CT molecular complexity index is 1980. The van der Waals surface area contributed by atoms with Gasteiger partial charge in [0, 0.05) is 6.42 Å². The molecular weight excluding hydrogens is 1170 g/mol. The molecule has 0 bridgehead atoms. The van der Waals surface area contributed by atoms with E-state index in [1.54, 1.807) is 6.08 Å². The molecule has 0 spiro atoms. The Labute approximate surface area is 546 Å². The first-order valence-electron chi connectivity index (χ1n) is 35.3. The summed E-state index contributed by atoms with van der Waals surface area (Å²) in [5, 5.41) is 120. The van der Waals surface area contributed by atoms with Crippen LogP contribution in [0.2, 0.25) is 0 Å². The van der Waals surface area contributed by atoms with Gasteiger partial charge in [0.2, 0.25) is 5.91 Å². The van der Waals surface area contributed by atoms with Crippen LogP contribution in [0.1, 0.15) is 232 Å². The normalized spacial score (nSPS) is 28.4. The zero-order chi connectivity index (χ0) is 66.1. The summed E-state index contributed by atoms with van der Waals surface area (Å²) in [5.74, 6) is -0.280. The van der Waals surface area contributed by atoms with Gasteiger partial charge in [-0.1, -0.05) is 240 Å². The molecule has 3 rings (SSSR count). The second-order valence-corrected chi connectivity index (χ2v) is 25.0. The number of rotatable bonds is 53. The van der Waals surface area contributed by atoms with Gasteiger partial charge >= 0.3 is 0 Å². The van der Waals surface area contributed by atoms with Crippen molar-refractivity contribution in [2.24, 2.45) is 0 Å². The average molecular weight is 1290 g/mol. The van der Waals surface area contributed by atoms with Crippen molar-refractivity contribution < 1.29 is 89.4 Å². The molecular formula is C72H125NO18. The first-order valence-corrected chi connectivity index (χ1v) is 35.3. The number of carbonyl (C=O) groups is 1. The number of allylic oxidation sites excluding steroid dienone is 13. The van der Waals surface area contributed by atoms with Gasteiger partial charge in [-0.15, -0.1) is 0 Å². The number of aliphatic hydroxyl groups excluding tert-OH is 11. The second kappa shape index (κ2) is 53.2. The van der Waals surface area contributed by atoms with Crippen molar-refractivity contribution in [1.82, 2.24) is 5.32 Å². The van der Waals surface area contributed by atoms with Gasteiger partial charge in [-0.2, -0.15) is 0 Å². The van der Waals surface area contributed by atoms with Crippen molar-refractivity contribution in [3.8, 4) is 0 Å². The van der Waals surface area contributed by atoms with Gasteiger partial charge in [-0.25, -0.2) is 0 Å². The third kappa shape index (κ3) is 35.0. The van der Waals surface area contributed by atoms with Crippen molar-refractivity contribution in [2.75, 3.05) is 26.4 Å². The van der Waals surface area contributed by atoms with Crippen LogP contribution in [0.3, 0.4) is 0 Å². The molecule has 3 fully saturated rings. The molecule has 3 aliphatic heterocycles. The lowest BCUT2D eigenvalue weighted by molar-refractivity contribution is -0.379. The summed E-state index contributed by atoms with van der Waals surface area (Å²) in [6, 6.07) is -0.971. The fraction of sp³-hybridized carbons (Fsp3) is 0.792. The Kier molecular flexibility index (Phi) is 48.0. The number of nitrogens with one attached hydrogen (secondary N) is 1. The van der Waals surface area contributed by atoms with E-state index in [4.69, 9.17) is 28.4 Å². The first-order chi connectivity index (χ1) is 44.3. The maximum absolute atomic E-state index is 13.3. The van der Waals surface area contributed by atoms with Crippen molar-refractivity contribution in [3.05, 3.63) is 85.1 Å². The van der Waals surface area contributed by atoms with Crippen LogP contribution in [0.5, 0.6) is 0 Å². The number of hydrogen-bond donors (Lipinski definition) is 12. The SMILES string of the molecule is CC/C=C\C/C=C\C/C=C\C/C=C\C/C=C\C/C=C\CCCCCCCCCCCCCCCCCCCCCCC(=O)NC(COC1OC(CO)C(OC2OC(CO)C(OC3OC(CO)C(O)C(O)C3O)C(O)C2O)C(O)C1O)C(O)/C=C/CCCCCCC. The fourth-order valence-electron chi connectivity index (χ4n) is 11.5. The van der Waals surface area contributed by atoms with E-state index in [0.717, 1.165) is 96.3 Å². The van der Waals surface area contributed by atoms with Gasteiger partial charge in [-0.05, 0) is 70.6 Å². The van der Waals surface area contributed by atoms with Gasteiger partial charge < -0.3 is 89.9 Å². The summed E-state index contributed by atoms with van der Waals surface area (Å²) in [5.41, 5.74) is 0. The van der Waals surface area contributed by atoms with Crippen molar-refractivity contribution in [2.45, 2.75) is 336 Å². The average Bonchev–Trinajstić information content (AvgIpc) is 1.40. The molecule has 0 aromatic heterocycles. The van der Waals surface area contributed by atoms with E-state index in [1.165, 1.54) is 109 Å². The summed E-state index contributed by atoms with van der Waals surface area (Å²) in [4.78, 5) is 13.3.